The molecule has 4 rings (SSSR count). The lowest BCUT2D eigenvalue weighted by Crippen LogP contribution is -2.41. The number of likely N-dealkylation sites (tertiary alicyclic amines) is 1. The van der Waals surface area contributed by atoms with E-state index in [0.29, 0.717) is 23.8 Å². The van der Waals surface area contributed by atoms with Crippen LogP contribution in [0, 0.1) is 13.8 Å². The first-order chi connectivity index (χ1) is 16.0. The Kier molecular flexibility index (Phi) is 7.23. The molecule has 176 valence electrons. The van der Waals surface area contributed by atoms with Gasteiger partial charge in [-0.2, -0.15) is 10.2 Å². The van der Waals surface area contributed by atoms with Crippen LogP contribution in [0.15, 0.2) is 35.1 Å². The fourth-order valence-electron chi connectivity index (χ4n) is 4.93. The van der Waals surface area contributed by atoms with Crippen LogP contribution < -0.4 is 10.9 Å². The molecule has 0 spiro atoms. The zero-order valence-electron chi connectivity index (χ0n) is 19.9. The maximum absolute atomic E-state index is 13.1. The third-order valence-corrected chi connectivity index (χ3v) is 6.64. The largest absolute Gasteiger partial charge is 0.354 e. The molecule has 1 amide bonds. The maximum Gasteiger partial charge on any atom is 0.295 e. The molecule has 1 atom stereocenters. The number of carbonyl (C=O) groups is 1. The monoisotopic (exact) mass is 450 g/mol. The predicted molar refractivity (Wildman–Crippen MR) is 130 cm³/mol. The fraction of sp³-hybridized carbons (Fsp3) is 0.520. The Morgan fingerprint density at radius 2 is 1.94 bits per heavy atom. The molecule has 1 N–H and O–H groups in total. The lowest BCUT2D eigenvalue weighted by atomic mass is 10.00. The van der Waals surface area contributed by atoms with E-state index >= 15 is 0 Å². The predicted octanol–water partition coefficient (Wildman–Crippen LogP) is 2.97. The number of rotatable bonds is 8. The van der Waals surface area contributed by atoms with Crippen LogP contribution >= 0.6 is 0 Å². The number of aromatic nitrogens is 4. The van der Waals surface area contributed by atoms with Crippen LogP contribution in [-0.4, -0.2) is 56.0 Å². The van der Waals surface area contributed by atoms with Crippen molar-refractivity contribution >= 4 is 16.8 Å². The Labute approximate surface area is 194 Å². The van der Waals surface area contributed by atoms with Crippen molar-refractivity contribution in [2.75, 3.05) is 19.6 Å². The van der Waals surface area contributed by atoms with Gasteiger partial charge in [-0.1, -0.05) is 31.5 Å². The number of para-hydroxylation sites is 1. The molecule has 33 heavy (non-hydrogen) atoms. The maximum atomic E-state index is 13.1. The quantitative estimate of drug-likeness (QED) is 0.534. The number of hydrogen-bond donors (Lipinski definition) is 1. The molecule has 8 nitrogen and oxygen atoms in total. The molecule has 0 unspecified atom stereocenters. The van der Waals surface area contributed by atoms with E-state index in [1.54, 1.807) is 4.68 Å². The van der Waals surface area contributed by atoms with Gasteiger partial charge in [-0.15, -0.1) is 0 Å². The molecule has 3 aromatic rings. The number of carbonyl (C=O) groups excluding carboxylic acids is 1. The Morgan fingerprint density at radius 3 is 2.70 bits per heavy atom. The minimum absolute atomic E-state index is 0.103. The topological polar surface area (TPSA) is 85.1 Å². The third-order valence-electron chi connectivity index (χ3n) is 6.64. The van der Waals surface area contributed by atoms with E-state index in [1.165, 1.54) is 30.4 Å². The first kappa shape index (κ1) is 23.2. The molecule has 1 aromatic carbocycles. The van der Waals surface area contributed by atoms with E-state index in [4.69, 9.17) is 0 Å². The van der Waals surface area contributed by atoms with Crippen molar-refractivity contribution in [2.24, 2.45) is 0 Å². The highest BCUT2D eigenvalue weighted by molar-refractivity contribution is 5.83. The lowest BCUT2D eigenvalue weighted by Gasteiger charge is -2.35. The molecule has 0 aliphatic carbocycles. The van der Waals surface area contributed by atoms with Gasteiger partial charge in [0.25, 0.3) is 5.56 Å². The number of benzene rings is 1. The summed E-state index contributed by atoms with van der Waals surface area (Å²) < 4.78 is 2.99. The van der Waals surface area contributed by atoms with E-state index in [0.717, 1.165) is 36.3 Å². The van der Waals surface area contributed by atoms with Gasteiger partial charge in [-0.3, -0.25) is 9.59 Å². The second-order valence-electron chi connectivity index (χ2n) is 8.90. The van der Waals surface area contributed by atoms with Gasteiger partial charge in [0.05, 0.1) is 22.5 Å². The molecule has 2 aromatic heterocycles. The Morgan fingerprint density at radius 1 is 1.15 bits per heavy atom. The van der Waals surface area contributed by atoms with E-state index in [-0.39, 0.29) is 18.0 Å². The Bertz CT molecular complexity index is 1170. The summed E-state index contributed by atoms with van der Waals surface area (Å²) in [4.78, 5) is 28.1. The number of amides is 1. The van der Waals surface area contributed by atoms with Gasteiger partial charge < -0.3 is 10.2 Å². The van der Waals surface area contributed by atoms with Crippen LogP contribution in [0.5, 0.6) is 0 Å². The molecule has 1 aliphatic heterocycles. The van der Waals surface area contributed by atoms with Gasteiger partial charge in [0.15, 0.2) is 5.52 Å². The number of hydrogen-bond acceptors (Lipinski definition) is 5. The molecule has 0 radical (unpaired) electrons. The minimum atomic E-state index is -0.345. The molecule has 1 fully saturated rings. The van der Waals surface area contributed by atoms with Crippen LogP contribution in [0.1, 0.15) is 50.4 Å². The molecule has 1 aliphatic rings. The molecule has 0 saturated carbocycles. The van der Waals surface area contributed by atoms with Crippen LogP contribution in [0.4, 0.5) is 0 Å². The summed E-state index contributed by atoms with van der Waals surface area (Å²) in [6, 6.07) is 10.4. The van der Waals surface area contributed by atoms with Crippen LogP contribution in [0.2, 0.25) is 0 Å². The van der Waals surface area contributed by atoms with Crippen LogP contribution in [-0.2, 0) is 11.3 Å². The fourth-order valence-corrected chi connectivity index (χ4v) is 4.93. The van der Waals surface area contributed by atoms with Crippen molar-refractivity contribution in [3.8, 4) is 5.69 Å². The van der Waals surface area contributed by atoms with Gasteiger partial charge in [0, 0.05) is 19.1 Å². The summed E-state index contributed by atoms with van der Waals surface area (Å²) in [6.07, 6.45) is 5.95. The summed E-state index contributed by atoms with van der Waals surface area (Å²) in [5.41, 5.74) is 2.43. The average Bonchev–Trinajstić information content (AvgIpc) is 3.19. The second-order valence-corrected chi connectivity index (χ2v) is 8.90. The number of aryl methyl sites for hydroxylation is 2. The lowest BCUT2D eigenvalue weighted by molar-refractivity contribution is -0.121. The van der Waals surface area contributed by atoms with Crippen molar-refractivity contribution in [1.82, 2.24) is 29.8 Å². The van der Waals surface area contributed by atoms with Gasteiger partial charge in [-0.05, 0) is 58.2 Å². The van der Waals surface area contributed by atoms with Gasteiger partial charge in [0.2, 0.25) is 5.91 Å². The molecule has 3 heterocycles. The smallest absolute Gasteiger partial charge is 0.295 e. The zero-order valence-corrected chi connectivity index (χ0v) is 19.9. The van der Waals surface area contributed by atoms with Gasteiger partial charge in [-0.25, -0.2) is 9.36 Å². The summed E-state index contributed by atoms with van der Waals surface area (Å²) in [5.74, 6) is -0.201. The minimum Gasteiger partial charge on any atom is -0.354 e. The Balaban J connectivity index is 1.41. The first-order valence-electron chi connectivity index (χ1n) is 12.0. The van der Waals surface area contributed by atoms with Crippen LogP contribution in [0.25, 0.3) is 16.6 Å². The van der Waals surface area contributed by atoms with Crippen LogP contribution in [0.3, 0.4) is 0 Å². The first-order valence-corrected chi connectivity index (χ1v) is 12.0. The van der Waals surface area contributed by atoms with Crippen molar-refractivity contribution < 1.29 is 4.79 Å². The number of nitrogens with one attached hydrogen (secondary N) is 1. The van der Waals surface area contributed by atoms with Crippen molar-refractivity contribution in [1.29, 1.82) is 0 Å². The van der Waals surface area contributed by atoms with E-state index in [1.807, 2.05) is 44.2 Å². The van der Waals surface area contributed by atoms with Crippen molar-refractivity contribution in [3.05, 3.63) is 52.1 Å². The normalized spacial score (nSPS) is 16.9. The highest BCUT2D eigenvalue weighted by Crippen LogP contribution is 2.21. The summed E-state index contributed by atoms with van der Waals surface area (Å²) >= 11 is 0. The van der Waals surface area contributed by atoms with Gasteiger partial charge >= 0.3 is 0 Å². The molecule has 1 saturated heterocycles. The summed E-state index contributed by atoms with van der Waals surface area (Å²) in [6.45, 7) is 8.68. The summed E-state index contributed by atoms with van der Waals surface area (Å²) in [7, 11) is 0. The molecular weight excluding hydrogens is 416 g/mol. The highest BCUT2D eigenvalue weighted by atomic mass is 16.2. The van der Waals surface area contributed by atoms with E-state index < -0.39 is 0 Å². The SMILES string of the molecule is CC[C@@H]1CCCCN1CCCNC(=O)Cn1nc(C)c2c(C)n(-c3ccccc3)nc2c1=O. The standard InChI is InChI=1S/C25H34N6O2/c1-4-20-11-8-9-15-29(20)16-10-14-26-22(32)17-30-25(33)24-23(18(2)27-30)19(3)31(28-24)21-12-6-5-7-13-21/h5-7,12-13,20H,4,8-11,14-17H2,1-3H3,(H,26,32)/t20-/m1/s1. The van der Waals surface area contributed by atoms with E-state index in [2.05, 4.69) is 27.3 Å². The molecule has 0 bridgehead atoms. The number of nitrogens with zero attached hydrogens (tertiary/aromatic N) is 5. The summed E-state index contributed by atoms with van der Waals surface area (Å²) in [5, 5.41) is 12.7. The molecule has 8 heteroatoms. The van der Waals surface area contributed by atoms with Crippen molar-refractivity contribution in [2.45, 2.75) is 65.5 Å². The average molecular weight is 451 g/mol. The number of fused-ring (bicyclic) bond motifs is 1. The third kappa shape index (κ3) is 5.00. The van der Waals surface area contributed by atoms with E-state index in [9.17, 15) is 9.59 Å². The Hall–Kier alpha value is -3.00. The molecular formula is C25H34N6O2. The number of piperidine rings is 1. The second kappa shape index (κ2) is 10.3. The highest BCUT2D eigenvalue weighted by Gasteiger charge is 2.20. The van der Waals surface area contributed by atoms with Crippen molar-refractivity contribution in [3.63, 3.8) is 0 Å². The zero-order chi connectivity index (χ0) is 23.4. The van der Waals surface area contributed by atoms with Gasteiger partial charge in [0.1, 0.15) is 6.54 Å².